The minimum absolute atomic E-state index is 0.109. The van der Waals surface area contributed by atoms with Crippen LogP contribution in [0.2, 0.25) is 0 Å². The number of benzene rings is 2. The van der Waals surface area contributed by atoms with Crippen LogP contribution in [0.25, 0.3) is 10.8 Å². The molecule has 1 aromatic heterocycles. The second-order valence-electron chi connectivity index (χ2n) is 6.04. The summed E-state index contributed by atoms with van der Waals surface area (Å²) in [6.07, 6.45) is 0. The van der Waals surface area contributed by atoms with E-state index in [4.69, 9.17) is 0 Å². The van der Waals surface area contributed by atoms with Crippen LogP contribution in [-0.2, 0) is 16.6 Å². The molecule has 27 heavy (non-hydrogen) atoms. The van der Waals surface area contributed by atoms with Gasteiger partial charge in [0.15, 0.2) is 0 Å². The average Bonchev–Trinajstić information content (AvgIpc) is 2.67. The van der Waals surface area contributed by atoms with Crippen LogP contribution in [0.1, 0.15) is 16.1 Å². The fraction of sp³-hybridized carbons (Fsp3) is 0.167. The monoisotopic (exact) mass is 386 g/mol. The maximum Gasteiger partial charge on any atom is 0.272 e. The number of aromatic nitrogens is 2. The van der Waals surface area contributed by atoms with Gasteiger partial charge < -0.3 is 5.32 Å². The molecule has 1 heterocycles. The highest BCUT2D eigenvalue weighted by atomic mass is 32.2. The molecule has 9 heteroatoms. The maximum absolute atomic E-state index is 12.3. The van der Waals surface area contributed by atoms with E-state index in [2.05, 4.69) is 15.5 Å². The number of rotatable bonds is 5. The second kappa shape index (κ2) is 7.29. The van der Waals surface area contributed by atoms with E-state index < -0.39 is 10.0 Å². The molecule has 0 saturated heterocycles. The van der Waals surface area contributed by atoms with Crippen LogP contribution in [0.15, 0.2) is 58.2 Å². The summed E-state index contributed by atoms with van der Waals surface area (Å²) >= 11 is 0. The number of carbonyl (C=O) groups is 1. The molecule has 0 fully saturated rings. The SMILES string of the molecule is CN(C)S(=O)(=O)c1ccc(C(=O)NCc2n[nH]c(=O)c3ccccc23)cc1. The third-order valence-electron chi connectivity index (χ3n) is 4.09. The van der Waals surface area contributed by atoms with Crippen molar-refractivity contribution in [3.63, 3.8) is 0 Å². The quantitative estimate of drug-likeness (QED) is 0.682. The van der Waals surface area contributed by atoms with Crippen LogP contribution in [0.4, 0.5) is 0 Å². The van der Waals surface area contributed by atoms with Crippen LogP contribution in [0, 0.1) is 0 Å². The van der Waals surface area contributed by atoms with Crippen molar-refractivity contribution < 1.29 is 13.2 Å². The van der Waals surface area contributed by atoms with Gasteiger partial charge in [0.1, 0.15) is 0 Å². The number of hydrogen-bond acceptors (Lipinski definition) is 5. The molecule has 0 aliphatic heterocycles. The zero-order valence-corrected chi connectivity index (χ0v) is 15.6. The van der Waals surface area contributed by atoms with Gasteiger partial charge in [0.25, 0.3) is 11.5 Å². The first-order chi connectivity index (χ1) is 12.8. The fourth-order valence-corrected chi connectivity index (χ4v) is 3.46. The van der Waals surface area contributed by atoms with Crippen LogP contribution >= 0.6 is 0 Å². The number of aromatic amines is 1. The van der Waals surface area contributed by atoms with Gasteiger partial charge >= 0.3 is 0 Å². The standard InChI is InChI=1S/C18H18N4O4S/c1-22(2)27(25,26)13-9-7-12(8-10-13)17(23)19-11-16-14-5-3-4-6-15(14)18(24)21-20-16/h3-10H,11H2,1-2H3,(H,19,23)(H,21,24). The number of carbonyl (C=O) groups excluding carboxylic acids is 1. The Labute approximate surface area is 155 Å². The number of nitrogens with zero attached hydrogens (tertiary/aromatic N) is 2. The van der Waals surface area contributed by atoms with E-state index in [1.165, 1.54) is 38.4 Å². The summed E-state index contributed by atoms with van der Waals surface area (Å²) in [4.78, 5) is 24.2. The van der Waals surface area contributed by atoms with Crippen LogP contribution < -0.4 is 10.9 Å². The summed E-state index contributed by atoms with van der Waals surface area (Å²) in [5, 5.41) is 10.3. The molecular weight excluding hydrogens is 368 g/mol. The molecule has 1 amide bonds. The number of nitrogens with one attached hydrogen (secondary N) is 2. The Balaban J connectivity index is 1.77. The Morgan fingerprint density at radius 3 is 2.33 bits per heavy atom. The molecule has 0 aliphatic carbocycles. The van der Waals surface area contributed by atoms with E-state index in [9.17, 15) is 18.0 Å². The topological polar surface area (TPSA) is 112 Å². The van der Waals surface area contributed by atoms with Crippen molar-refractivity contribution in [3.8, 4) is 0 Å². The van der Waals surface area contributed by atoms with Crippen LogP contribution in [-0.4, -0.2) is 42.9 Å². The highest BCUT2D eigenvalue weighted by molar-refractivity contribution is 7.89. The zero-order chi connectivity index (χ0) is 19.6. The van der Waals surface area contributed by atoms with Gasteiger partial charge in [0.2, 0.25) is 10.0 Å². The number of hydrogen-bond donors (Lipinski definition) is 2. The highest BCUT2D eigenvalue weighted by Gasteiger charge is 2.17. The minimum Gasteiger partial charge on any atom is -0.346 e. The highest BCUT2D eigenvalue weighted by Crippen LogP contribution is 2.15. The zero-order valence-electron chi connectivity index (χ0n) is 14.8. The predicted octanol–water partition coefficient (Wildman–Crippen LogP) is 1.10. The van der Waals surface area contributed by atoms with Crippen LogP contribution in [0.3, 0.4) is 0 Å². The lowest BCUT2D eigenvalue weighted by Gasteiger charge is -2.11. The molecule has 0 unspecified atom stereocenters. The smallest absolute Gasteiger partial charge is 0.272 e. The van der Waals surface area contributed by atoms with Crippen molar-refractivity contribution in [3.05, 3.63) is 70.1 Å². The summed E-state index contributed by atoms with van der Waals surface area (Å²) in [5.74, 6) is -0.374. The first-order valence-corrected chi connectivity index (χ1v) is 9.52. The second-order valence-corrected chi connectivity index (χ2v) is 8.19. The van der Waals surface area contributed by atoms with Crippen molar-refractivity contribution in [2.45, 2.75) is 11.4 Å². The average molecular weight is 386 g/mol. The van der Waals surface area contributed by atoms with Gasteiger partial charge in [0.05, 0.1) is 22.5 Å². The molecular formula is C18H18N4O4S. The number of fused-ring (bicyclic) bond motifs is 1. The summed E-state index contributed by atoms with van der Waals surface area (Å²) < 4.78 is 25.2. The van der Waals surface area contributed by atoms with E-state index in [1.807, 2.05) is 0 Å². The number of amides is 1. The molecule has 2 aromatic carbocycles. The van der Waals surface area contributed by atoms with Gasteiger partial charge in [-0.1, -0.05) is 18.2 Å². The van der Waals surface area contributed by atoms with E-state index in [1.54, 1.807) is 24.3 Å². The Hall–Kier alpha value is -3.04. The van der Waals surface area contributed by atoms with E-state index in [0.717, 1.165) is 4.31 Å². The number of H-pyrrole nitrogens is 1. The van der Waals surface area contributed by atoms with Gasteiger partial charge in [-0.2, -0.15) is 5.10 Å². The lowest BCUT2D eigenvalue weighted by molar-refractivity contribution is 0.0950. The van der Waals surface area contributed by atoms with E-state index in [-0.39, 0.29) is 22.9 Å². The van der Waals surface area contributed by atoms with Crippen LogP contribution in [0.5, 0.6) is 0 Å². The van der Waals surface area contributed by atoms with Gasteiger partial charge in [-0.3, -0.25) is 9.59 Å². The summed E-state index contributed by atoms with van der Waals surface area (Å²) in [6.45, 7) is 0.119. The Morgan fingerprint density at radius 1 is 1.07 bits per heavy atom. The lowest BCUT2D eigenvalue weighted by atomic mass is 10.1. The molecule has 0 bridgehead atoms. The molecule has 0 saturated carbocycles. The molecule has 0 spiro atoms. The summed E-state index contributed by atoms with van der Waals surface area (Å²) in [6, 6.07) is 12.7. The van der Waals surface area contributed by atoms with Gasteiger partial charge in [0, 0.05) is 25.0 Å². The van der Waals surface area contributed by atoms with Gasteiger partial charge in [-0.05, 0) is 30.3 Å². The van der Waals surface area contributed by atoms with Crippen molar-refractivity contribution in [2.75, 3.05) is 14.1 Å². The van der Waals surface area contributed by atoms with Gasteiger partial charge in [-0.15, -0.1) is 0 Å². The van der Waals surface area contributed by atoms with Crippen molar-refractivity contribution in [1.82, 2.24) is 19.8 Å². The Bertz CT molecular complexity index is 1150. The van der Waals surface area contributed by atoms with Gasteiger partial charge in [-0.25, -0.2) is 17.8 Å². The van der Waals surface area contributed by atoms with E-state index in [0.29, 0.717) is 22.0 Å². The van der Waals surface area contributed by atoms with E-state index >= 15 is 0 Å². The van der Waals surface area contributed by atoms with Crippen molar-refractivity contribution >= 4 is 26.7 Å². The Kier molecular flexibility index (Phi) is 5.06. The molecule has 2 N–H and O–H groups in total. The fourth-order valence-electron chi connectivity index (χ4n) is 2.56. The maximum atomic E-state index is 12.3. The lowest BCUT2D eigenvalue weighted by Crippen LogP contribution is -2.25. The third kappa shape index (κ3) is 3.74. The minimum atomic E-state index is -3.55. The molecule has 0 aliphatic rings. The molecule has 3 aromatic rings. The van der Waals surface area contributed by atoms with Crippen molar-refractivity contribution in [1.29, 1.82) is 0 Å². The molecule has 3 rings (SSSR count). The largest absolute Gasteiger partial charge is 0.346 e. The first-order valence-electron chi connectivity index (χ1n) is 8.08. The molecule has 0 atom stereocenters. The molecule has 0 radical (unpaired) electrons. The number of sulfonamides is 1. The Morgan fingerprint density at radius 2 is 1.70 bits per heavy atom. The normalized spacial score (nSPS) is 11.7. The first kappa shape index (κ1) is 18.7. The molecule has 140 valence electrons. The predicted molar refractivity (Wildman–Crippen MR) is 101 cm³/mol. The summed E-state index contributed by atoms with van der Waals surface area (Å²) in [5.41, 5.74) is 0.560. The molecule has 8 nitrogen and oxygen atoms in total. The van der Waals surface area contributed by atoms with Crippen molar-refractivity contribution in [2.24, 2.45) is 0 Å². The third-order valence-corrected chi connectivity index (χ3v) is 5.92. The summed E-state index contributed by atoms with van der Waals surface area (Å²) in [7, 11) is -0.661.